The fourth-order valence-corrected chi connectivity index (χ4v) is 7.38. The molecule has 176 valence electrons. The molecular weight excluding hydrogens is 502 g/mol. The van der Waals surface area contributed by atoms with Crippen LogP contribution in [0.1, 0.15) is 31.4 Å². The van der Waals surface area contributed by atoms with Crippen molar-refractivity contribution in [2.24, 2.45) is 0 Å². The number of rotatable bonds is 6. The van der Waals surface area contributed by atoms with Crippen molar-refractivity contribution >= 4 is 36.9 Å². The number of likely N-dealkylation sites (N-methyl/N-ethyl adjacent to an activating group) is 1. The summed E-state index contributed by atoms with van der Waals surface area (Å²) in [6.45, 7) is 4.39. The minimum Gasteiger partial charge on any atom is -0.490 e. The third-order valence-corrected chi connectivity index (χ3v) is 9.52. The van der Waals surface area contributed by atoms with Crippen molar-refractivity contribution in [1.82, 2.24) is 13.8 Å². The number of nitrogens with zero attached hydrogens (tertiary/aromatic N) is 3. The number of halogens is 1. The maximum absolute atomic E-state index is 13.9. The highest BCUT2D eigenvalue weighted by Gasteiger charge is 2.27. The number of benzene rings is 2. The van der Waals surface area contributed by atoms with E-state index < -0.39 is 10.0 Å². The van der Waals surface area contributed by atoms with Gasteiger partial charge in [0.1, 0.15) is 10.6 Å². The van der Waals surface area contributed by atoms with Gasteiger partial charge in [0.05, 0.1) is 11.6 Å². The molecule has 8 heteroatoms. The molecule has 1 saturated carbocycles. The van der Waals surface area contributed by atoms with Gasteiger partial charge in [-0.3, -0.25) is 4.90 Å². The van der Waals surface area contributed by atoms with Crippen LogP contribution in [0.15, 0.2) is 57.9 Å². The maximum Gasteiger partial charge on any atom is 0.269 e. The Morgan fingerprint density at radius 1 is 1.00 bits per heavy atom. The van der Waals surface area contributed by atoms with Crippen molar-refractivity contribution in [3.05, 3.63) is 58.7 Å². The molecule has 2 aliphatic rings. The van der Waals surface area contributed by atoms with Crippen LogP contribution in [0.2, 0.25) is 0 Å². The molecule has 1 aliphatic carbocycles. The summed E-state index contributed by atoms with van der Waals surface area (Å²) >= 11 is 3.44. The van der Waals surface area contributed by atoms with Gasteiger partial charge >= 0.3 is 0 Å². The van der Waals surface area contributed by atoms with Gasteiger partial charge in [-0.15, -0.1) is 0 Å². The Morgan fingerprint density at radius 3 is 2.45 bits per heavy atom. The number of ether oxygens (including phenoxy) is 1. The topological polar surface area (TPSA) is 54.8 Å². The second-order valence-corrected chi connectivity index (χ2v) is 11.8. The Balaban J connectivity index is 1.57. The predicted octanol–water partition coefficient (Wildman–Crippen LogP) is 4.71. The largest absolute Gasteiger partial charge is 0.490 e. The molecule has 2 heterocycles. The Hall–Kier alpha value is -1.87. The van der Waals surface area contributed by atoms with Gasteiger partial charge in [-0.2, -0.15) is 0 Å². The molecule has 0 radical (unpaired) electrons. The molecule has 1 aliphatic heterocycles. The Morgan fingerprint density at radius 2 is 1.73 bits per heavy atom. The first-order valence-corrected chi connectivity index (χ1v) is 13.9. The molecule has 5 rings (SSSR count). The summed E-state index contributed by atoms with van der Waals surface area (Å²) in [4.78, 5) is 4.90. The van der Waals surface area contributed by atoms with Crippen LogP contribution in [0, 0.1) is 0 Å². The van der Waals surface area contributed by atoms with Gasteiger partial charge < -0.3 is 9.64 Å². The van der Waals surface area contributed by atoms with E-state index in [1.165, 1.54) is 16.8 Å². The van der Waals surface area contributed by atoms with Crippen LogP contribution in [0.3, 0.4) is 0 Å². The van der Waals surface area contributed by atoms with Gasteiger partial charge in [0.2, 0.25) is 0 Å². The van der Waals surface area contributed by atoms with Gasteiger partial charge in [0.25, 0.3) is 10.0 Å². The molecular formula is C25H30BrN3O3S. The molecule has 0 amide bonds. The van der Waals surface area contributed by atoms with E-state index in [0.717, 1.165) is 55.9 Å². The van der Waals surface area contributed by atoms with E-state index in [1.54, 1.807) is 18.2 Å². The molecule has 33 heavy (non-hydrogen) atoms. The molecule has 0 atom stereocenters. The van der Waals surface area contributed by atoms with E-state index in [2.05, 4.69) is 32.8 Å². The molecule has 2 fully saturated rings. The number of hydrogen-bond donors (Lipinski definition) is 0. The van der Waals surface area contributed by atoms with E-state index in [4.69, 9.17) is 4.74 Å². The van der Waals surface area contributed by atoms with Gasteiger partial charge in [-0.05, 0) is 85.1 Å². The monoisotopic (exact) mass is 531 g/mol. The van der Waals surface area contributed by atoms with E-state index in [0.29, 0.717) is 16.5 Å². The van der Waals surface area contributed by atoms with Gasteiger partial charge in [0.15, 0.2) is 0 Å². The van der Waals surface area contributed by atoms with E-state index >= 15 is 0 Å². The number of aromatic nitrogens is 1. The lowest BCUT2D eigenvalue weighted by Crippen LogP contribution is -2.44. The summed E-state index contributed by atoms with van der Waals surface area (Å²) in [6, 6.07) is 14.8. The van der Waals surface area contributed by atoms with E-state index in [9.17, 15) is 8.42 Å². The zero-order chi connectivity index (χ0) is 23.0. The normalized spacial score (nSPS) is 18.8. The first kappa shape index (κ1) is 22.9. The summed E-state index contributed by atoms with van der Waals surface area (Å²) < 4.78 is 36.1. The average Bonchev–Trinajstić information content (AvgIpc) is 3.43. The van der Waals surface area contributed by atoms with E-state index in [-0.39, 0.29) is 11.0 Å². The third-order valence-electron chi connectivity index (χ3n) is 6.74. The van der Waals surface area contributed by atoms with Gasteiger partial charge in [0, 0.05) is 48.3 Å². The lowest BCUT2D eigenvalue weighted by Gasteiger charge is -2.32. The second kappa shape index (κ2) is 9.41. The predicted molar refractivity (Wildman–Crippen MR) is 134 cm³/mol. The zero-order valence-electron chi connectivity index (χ0n) is 18.9. The third kappa shape index (κ3) is 4.71. The molecule has 6 nitrogen and oxygen atoms in total. The lowest BCUT2D eigenvalue weighted by molar-refractivity contribution is 0.147. The van der Waals surface area contributed by atoms with Crippen molar-refractivity contribution < 1.29 is 13.2 Å². The van der Waals surface area contributed by atoms with Gasteiger partial charge in [-0.1, -0.05) is 12.1 Å². The number of fused-ring (bicyclic) bond motifs is 1. The maximum atomic E-state index is 13.9. The second-order valence-electron chi connectivity index (χ2n) is 9.16. The summed E-state index contributed by atoms with van der Waals surface area (Å²) in [5.41, 5.74) is 1.47. The molecule has 2 aromatic carbocycles. The van der Waals surface area contributed by atoms with Crippen LogP contribution in [0.5, 0.6) is 5.75 Å². The fourth-order valence-electron chi connectivity index (χ4n) is 4.88. The first-order valence-electron chi connectivity index (χ1n) is 11.6. The Labute approximate surface area is 204 Å². The Bertz CT molecular complexity index is 1240. The highest BCUT2D eigenvalue weighted by Crippen LogP contribution is 2.33. The van der Waals surface area contributed by atoms with Crippen LogP contribution < -0.4 is 4.74 Å². The van der Waals surface area contributed by atoms with E-state index in [1.807, 2.05) is 30.3 Å². The molecule has 0 N–H and O–H groups in total. The summed E-state index contributed by atoms with van der Waals surface area (Å²) in [5.74, 6) is 0.816. The van der Waals surface area contributed by atoms with Crippen LogP contribution >= 0.6 is 15.9 Å². The Kier molecular flexibility index (Phi) is 6.53. The molecule has 0 unspecified atom stereocenters. The summed E-state index contributed by atoms with van der Waals surface area (Å²) in [6.07, 6.45) is 4.86. The van der Waals surface area contributed by atoms with Crippen LogP contribution in [0.25, 0.3) is 10.9 Å². The molecule has 0 spiro atoms. The summed E-state index contributed by atoms with van der Waals surface area (Å²) in [5, 5.41) is 0.894. The van der Waals surface area contributed by atoms with Crippen molar-refractivity contribution in [2.75, 3.05) is 33.2 Å². The standard InChI is InChI=1S/C25H30BrN3O3S/c1-27-12-14-28(15-13-27)18-20-16-19-17-22(32-21-6-2-3-7-21)10-11-24(19)29(20)33(30,31)25-9-5-4-8-23(25)26/h4-5,8-11,16-17,21H,2-3,6-7,12-15,18H2,1H3. The quantitative estimate of drug-likeness (QED) is 0.461. The highest BCUT2D eigenvalue weighted by molar-refractivity contribution is 9.10. The minimum atomic E-state index is -3.79. The SMILES string of the molecule is CN1CCN(Cc2cc3cc(OC4CCCC4)ccc3n2S(=O)(=O)c2ccccc2Br)CC1. The van der Waals surface area contributed by atoms with Crippen molar-refractivity contribution in [3.63, 3.8) is 0 Å². The number of hydrogen-bond acceptors (Lipinski definition) is 5. The molecule has 1 saturated heterocycles. The minimum absolute atomic E-state index is 0.262. The molecule has 0 bridgehead atoms. The van der Waals surface area contributed by atoms with Gasteiger partial charge in [-0.25, -0.2) is 12.4 Å². The smallest absolute Gasteiger partial charge is 0.269 e. The molecule has 3 aromatic rings. The van der Waals surface area contributed by atoms with Crippen molar-refractivity contribution in [1.29, 1.82) is 0 Å². The summed E-state index contributed by atoms with van der Waals surface area (Å²) in [7, 11) is -1.67. The fraction of sp³-hybridized carbons (Fsp3) is 0.440. The average molecular weight is 533 g/mol. The van der Waals surface area contributed by atoms with Crippen LogP contribution in [-0.4, -0.2) is 61.5 Å². The lowest BCUT2D eigenvalue weighted by atomic mass is 10.2. The first-order chi connectivity index (χ1) is 15.9. The zero-order valence-corrected chi connectivity index (χ0v) is 21.3. The van der Waals surface area contributed by atoms with Crippen molar-refractivity contribution in [3.8, 4) is 5.75 Å². The molecule has 1 aromatic heterocycles. The van der Waals surface area contributed by atoms with Crippen LogP contribution in [0.4, 0.5) is 0 Å². The van der Waals surface area contributed by atoms with Crippen LogP contribution in [-0.2, 0) is 16.6 Å². The highest BCUT2D eigenvalue weighted by atomic mass is 79.9. The number of piperazine rings is 1. The van der Waals surface area contributed by atoms with Crippen molar-refractivity contribution in [2.45, 2.75) is 43.2 Å².